The maximum atomic E-state index is 11.5. The third-order valence-corrected chi connectivity index (χ3v) is 2.01. The SMILES string of the molecule is O=C(O)C(=O)C(C(=O)O)C(=O)C(C(=O)O)C(=O)C(=O)O.[NaH].[NaH]. The van der Waals surface area contributed by atoms with Crippen molar-refractivity contribution in [1.29, 1.82) is 0 Å². The van der Waals surface area contributed by atoms with Gasteiger partial charge in [0.1, 0.15) is 0 Å². The summed E-state index contributed by atoms with van der Waals surface area (Å²) in [5.41, 5.74) is 0. The van der Waals surface area contributed by atoms with Gasteiger partial charge in [0.25, 0.3) is 11.6 Å². The van der Waals surface area contributed by atoms with E-state index in [4.69, 9.17) is 20.4 Å². The van der Waals surface area contributed by atoms with Crippen molar-refractivity contribution in [1.82, 2.24) is 0 Å². The first-order valence-electron chi connectivity index (χ1n) is 4.56. The predicted octanol–water partition coefficient (Wildman–Crippen LogP) is -4.03. The van der Waals surface area contributed by atoms with Crippen LogP contribution in [0.25, 0.3) is 0 Å². The van der Waals surface area contributed by atoms with Crippen LogP contribution >= 0.6 is 0 Å². The molecule has 13 heteroatoms. The minimum atomic E-state index is -2.99. The van der Waals surface area contributed by atoms with Gasteiger partial charge in [0.2, 0.25) is 0 Å². The zero-order valence-corrected chi connectivity index (χ0v) is 9.30. The molecule has 0 bridgehead atoms. The molecule has 0 aromatic carbocycles. The summed E-state index contributed by atoms with van der Waals surface area (Å²) >= 11 is 0. The molecule has 0 spiro atoms. The number of carboxylic acid groups (broad SMARTS) is 4. The van der Waals surface area contributed by atoms with Crippen LogP contribution in [0.4, 0.5) is 0 Å². The van der Waals surface area contributed by atoms with E-state index in [1.54, 1.807) is 0 Å². The first-order valence-corrected chi connectivity index (χ1v) is 4.56. The van der Waals surface area contributed by atoms with E-state index in [1.807, 2.05) is 0 Å². The minimum absolute atomic E-state index is 0. The number of carbonyl (C=O) groups is 7. The number of Topliss-reactive ketones (excluding diaryl/α,β-unsaturated/α-hetero) is 3. The van der Waals surface area contributed by atoms with Gasteiger partial charge in [0.15, 0.2) is 17.6 Å². The standard InChI is InChI=1S/C9H6O11.2Na.2H/c10-3(1(6(13)14)4(11)8(17)18)2(7(15)16)5(12)9(19)20;;;;/h1-2H,(H,13,14)(H,15,16)(H,17,18)(H,19,20);;;;. The summed E-state index contributed by atoms with van der Waals surface area (Å²) in [6, 6.07) is 0. The van der Waals surface area contributed by atoms with Gasteiger partial charge in [-0.25, -0.2) is 9.59 Å². The molecular weight excluding hydrogens is 330 g/mol. The summed E-state index contributed by atoms with van der Waals surface area (Å²) in [4.78, 5) is 75.4. The van der Waals surface area contributed by atoms with Gasteiger partial charge < -0.3 is 20.4 Å². The molecule has 0 fully saturated rings. The molecule has 0 aromatic rings. The van der Waals surface area contributed by atoms with Gasteiger partial charge in [-0.05, 0) is 0 Å². The van der Waals surface area contributed by atoms with Crippen LogP contribution in [0.5, 0.6) is 0 Å². The van der Waals surface area contributed by atoms with Gasteiger partial charge in [-0.3, -0.25) is 24.0 Å². The van der Waals surface area contributed by atoms with Gasteiger partial charge in [0, 0.05) is 0 Å². The molecule has 0 heterocycles. The maximum absolute atomic E-state index is 11.5. The molecule has 2 unspecified atom stereocenters. The Balaban J connectivity index is -0.00000180. The van der Waals surface area contributed by atoms with Gasteiger partial charge in [-0.15, -0.1) is 0 Å². The van der Waals surface area contributed by atoms with Crippen molar-refractivity contribution in [2.45, 2.75) is 0 Å². The van der Waals surface area contributed by atoms with Crippen LogP contribution in [-0.2, 0) is 33.6 Å². The Kier molecular flexibility index (Phi) is 12.4. The Morgan fingerprint density at radius 2 is 0.773 bits per heavy atom. The van der Waals surface area contributed by atoms with Crippen LogP contribution in [0, 0.1) is 11.8 Å². The number of carbonyl (C=O) groups excluding carboxylic acids is 3. The normalized spacial score (nSPS) is 11.6. The van der Waals surface area contributed by atoms with E-state index in [1.165, 1.54) is 0 Å². The summed E-state index contributed by atoms with van der Waals surface area (Å²) in [5, 5.41) is 33.7. The molecule has 0 aliphatic carbocycles. The van der Waals surface area contributed by atoms with Crippen molar-refractivity contribution < 1.29 is 54.0 Å². The van der Waals surface area contributed by atoms with E-state index < -0.39 is 53.1 Å². The second-order valence-corrected chi connectivity index (χ2v) is 3.28. The van der Waals surface area contributed by atoms with Gasteiger partial charge in [-0.1, -0.05) is 0 Å². The summed E-state index contributed by atoms with van der Waals surface area (Å²) in [6.45, 7) is 0. The Bertz CT molecular complexity index is 492. The average Bonchev–Trinajstić information content (AvgIpc) is 2.27. The first-order chi connectivity index (χ1) is 9.02. The van der Waals surface area contributed by atoms with Crippen molar-refractivity contribution in [2.24, 2.45) is 11.8 Å². The number of hydrogen-bond acceptors (Lipinski definition) is 7. The third kappa shape index (κ3) is 6.34. The number of rotatable bonds is 8. The summed E-state index contributed by atoms with van der Waals surface area (Å²) in [7, 11) is 0. The number of hydrogen-bond donors (Lipinski definition) is 4. The first kappa shape index (κ1) is 25.8. The summed E-state index contributed by atoms with van der Waals surface area (Å²) < 4.78 is 0. The van der Waals surface area contributed by atoms with E-state index in [0.717, 1.165) is 0 Å². The Morgan fingerprint density at radius 1 is 0.545 bits per heavy atom. The van der Waals surface area contributed by atoms with Crippen LogP contribution in [0.15, 0.2) is 0 Å². The van der Waals surface area contributed by atoms with Gasteiger partial charge in [-0.2, -0.15) is 0 Å². The fourth-order valence-corrected chi connectivity index (χ4v) is 1.14. The molecular formula is C9H8Na2O11. The van der Waals surface area contributed by atoms with E-state index in [-0.39, 0.29) is 59.1 Å². The quantitative estimate of drug-likeness (QED) is 0.191. The van der Waals surface area contributed by atoms with Crippen LogP contribution in [0.2, 0.25) is 0 Å². The van der Waals surface area contributed by atoms with Crippen molar-refractivity contribution in [3.63, 3.8) is 0 Å². The zero-order valence-electron chi connectivity index (χ0n) is 9.30. The number of aliphatic carboxylic acids is 4. The summed E-state index contributed by atoms with van der Waals surface area (Å²) in [5.74, 6) is -21.8. The van der Waals surface area contributed by atoms with E-state index in [9.17, 15) is 33.6 Å². The van der Waals surface area contributed by atoms with Crippen molar-refractivity contribution in [2.75, 3.05) is 0 Å². The monoisotopic (exact) mass is 338 g/mol. The molecule has 0 aromatic heterocycles. The Morgan fingerprint density at radius 3 is 0.909 bits per heavy atom. The Hall–Kier alpha value is -1.11. The molecule has 2 atom stereocenters. The number of carboxylic acids is 4. The molecule has 4 N–H and O–H groups in total. The fourth-order valence-electron chi connectivity index (χ4n) is 1.14. The Labute approximate surface area is 165 Å². The molecule has 0 radical (unpaired) electrons. The molecule has 0 aliphatic heterocycles. The topological polar surface area (TPSA) is 200 Å². The third-order valence-electron chi connectivity index (χ3n) is 2.01. The van der Waals surface area contributed by atoms with Gasteiger partial charge >= 0.3 is 83.0 Å². The fraction of sp³-hybridized carbons (Fsp3) is 0.222. The van der Waals surface area contributed by atoms with Crippen molar-refractivity contribution in [3.05, 3.63) is 0 Å². The van der Waals surface area contributed by atoms with Crippen LogP contribution in [-0.4, -0.2) is 121 Å². The van der Waals surface area contributed by atoms with E-state index >= 15 is 0 Å². The molecule has 0 rings (SSSR count). The van der Waals surface area contributed by atoms with Crippen molar-refractivity contribution >= 4 is 100 Å². The summed E-state index contributed by atoms with van der Waals surface area (Å²) in [6.07, 6.45) is 0. The molecule has 0 saturated carbocycles. The van der Waals surface area contributed by atoms with E-state index in [2.05, 4.69) is 0 Å². The van der Waals surface area contributed by atoms with Crippen molar-refractivity contribution in [3.8, 4) is 0 Å². The second-order valence-electron chi connectivity index (χ2n) is 3.28. The molecule has 0 amide bonds. The molecule has 0 saturated heterocycles. The number of ketones is 3. The molecule has 11 nitrogen and oxygen atoms in total. The van der Waals surface area contributed by atoms with Crippen LogP contribution < -0.4 is 0 Å². The predicted molar refractivity (Wildman–Crippen MR) is 66.8 cm³/mol. The zero-order chi connectivity index (χ0) is 16.2. The van der Waals surface area contributed by atoms with Gasteiger partial charge in [0.05, 0.1) is 0 Å². The van der Waals surface area contributed by atoms with Crippen LogP contribution in [0.3, 0.4) is 0 Å². The molecule has 112 valence electrons. The molecule has 0 aliphatic rings. The van der Waals surface area contributed by atoms with E-state index in [0.29, 0.717) is 0 Å². The molecule has 22 heavy (non-hydrogen) atoms. The average molecular weight is 338 g/mol. The van der Waals surface area contributed by atoms with Crippen LogP contribution in [0.1, 0.15) is 0 Å². The second kappa shape index (κ2) is 10.6.